The molecule has 0 spiro atoms. The van der Waals surface area contributed by atoms with E-state index in [9.17, 15) is 36.2 Å². The fraction of sp³-hybridized carbons (Fsp3) is 0.294. The van der Waals surface area contributed by atoms with Crippen molar-refractivity contribution in [1.82, 2.24) is 10.3 Å². The summed E-state index contributed by atoms with van der Waals surface area (Å²) in [6.07, 6.45) is -8.59. The van der Waals surface area contributed by atoms with Crippen molar-refractivity contribution in [1.29, 1.82) is 0 Å². The van der Waals surface area contributed by atoms with E-state index in [2.05, 4.69) is 15.6 Å². The molecule has 2 rings (SSSR count). The van der Waals surface area contributed by atoms with Crippen molar-refractivity contribution in [2.45, 2.75) is 31.4 Å². The van der Waals surface area contributed by atoms with Crippen LogP contribution in [-0.2, 0) is 18.3 Å². The molecule has 1 heterocycles. The van der Waals surface area contributed by atoms with Crippen molar-refractivity contribution in [3.05, 3.63) is 57.3 Å². The second-order valence-electron chi connectivity index (χ2n) is 6.19. The molecule has 30 heavy (non-hydrogen) atoms. The number of aliphatic hydroxyl groups is 1. The van der Waals surface area contributed by atoms with E-state index in [1.807, 2.05) is 0 Å². The van der Waals surface area contributed by atoms with Crippen molar-refractivity contribution >= 4 is 34.9 Å². The Kier molecular flexibility index (Phi) is 6.79. The van der Waals surface area contributed by atoms with Crippen LogP contribution in [0.15, 0.2) is 30.5 Å². The summed E-state index contributed by atoms with van der Waals surface area (Å²) < 4.78 is 77.7. The molecule has 1 aromatic heterocycles. The highest BCUT2D eigenvalue weighted by Gasteiger charge is 2.51. The number of aromatic nitrogens is 1. The minimum atomic E-state index is -5.02. The molecule has 0 aliphatic carbocycles. The molecule has 0 aliphatic rings. The Labute approximate surface area is 176 Å². The standard InChI is InChI=1S/C17H13Cl2F6N3O2/c1-15(30,17(23,24)25)8-5-10(18)13(11(19)6-8)28-14(29)27-7-12-9(16(20,21)22)3-2-4-26-12/h2-6,30H,7H2,1H3,(H2,27,28,29). The Bertz CT molecular complexity index is 925. The zero-order valence-electron chi connectivity index (χ0n) is 14.9. The summed E-state index contributed by atoms with van der Waals surface area (Å²) in [7, 11) is 0. The Morgan fingerprint density at radius 2 is 1.70 bits per heavy atom. The van der Waals surface area contributed by atoms with Gasteiger partial charge in [0.15, 0.2) is 5.60 Å². The van der Waals surface area contributed by atoms with Crippen LogP contribution in [0.25, 0.3) is 0 Å². The van der Waals surface area contributed by atoms with E-state index in [0.717, 1.165) is 30.5 Å². The molecule has 0 saturated carbocycles. The van der Waals surface area contributed by atoms with Crippen molar-refractivity contribution < 1.29 is 36.2 Å². The second-order valence-corrected chi connectivity index (χ2v) is 7.00. The predicted molar refractivity (Wildman–Crippen MR) is 97.2 cm³/mol. The molecule has 2 amide bonds. The molecular formula is C17H13Cl2F6N3O2. The van der Waals surface area contributed by atoms with E-state index >= 15 is 0 Å². The van der Waals surface area contributed by atoms with E-state index in [-0.39, 0.29) is 5.69 Å². The van der Waals surface area contributed by atoms with Crippen molar-refractivity contribution in [3.8, 4) is 0 Å². The number of hydrogen-bond donors (Lipinski definition) is 3. The molecule has 164 valence electrons. The maximum atomic E-state index is 13.0. The molecule has 1 unspecified atom stereocenters. The highest BCUT2D eigenvalue weighted by Crippen LogP contribution is 2.42. The van der Waals surface area contributed by atoms with Gasteiger partial charge in [0.25, 0.3) is 0 Å². The average Bonchev–Trinajstić information content (AvgIpc) is 2.61. The third-order valence-corrected chi connectivity index (χ3v) is 4.60. The van der Waals surface area contributed by atoms with Crippen LogP contribution in [0.2, 0.25) is 10.0 Å². The number of nitrogens with one attached hydrogen (secondary N) is 2. The number of halogens is 8. The van der Waals surface area contributed by atoms with Gasteiger partial charge in [-0.05, 0) is 36.8 Å². The van der Waals surface area contributed by atoms with Crippen LogP contribution in [0.4, 0.5) is 36.8 Å². The molecule has 13 heteroatoms. The Hall–Kier alpha value is -2.24. The fourth-order valence-electron chi connectivity index (χ4n) is 2.30. The molecule has 5 nitrogen and oxygen atoms in total. The summed E-state index contributed by atoms with van der Waals surface area (Å²) >= 11 is 11.7. The number of carbonyl (C=O) groups excluding carboxylic acids is 1. The largest absolute Gasteiger partial charge is 0.421 e. The quantitative estimate of drug-likeness (QED) is 0.511. The lowest BCUT2D eigenvalue weighted by molar-refractivity contribution is -0.258. The van der Waals surface area contributed by atoms with Gasteiger partial charge in [-0.15, -0.1) is 0 Å². The van der Waals surface area contributed by atoms with Gasteiger partial charge >= 0.3 is 18.4 Å². The second kappa shape index (κ2) is 8.48. The van der Waals surface area contributed by atoms with Gasteiger partial charge in [-0.3, -0.25) is 4.98 Å². The number of benzene rings is 1. The summed E-state index contributed by atoms with van der Waals surface area (Å²) in [5.74, 6) is 0. The van der Waals surface area contributed by atoms with Gasteiger partial charge in [0.05, 0.1) is 33.5 Å². The maximum absolute atomic E-state index is 13.0. The zero-order valence-corrected chi connectivity index (χ0v) is 16.4. The van der Waals surface area contributed by atoms with Crippen LogP contribution in [0.5, 0.6) is 0 Å². The van der Waals surface area contributed by atoms with E-state index in [0.29, 0.717) is 6.92 Å². The van der Waals surface area contributed by atoms with E-state index in [1.54, 1.807) is 0 Å². The van der Waals surface area contributed by atoms with Gasteiger partial charge < -0.3 is 15.7 Å². The normalized spacial score (nSPS) is 14.2. The Morgan fingerprint density at radius 3 is 2.20 bits per heavy atom. The minimum absolute atomic E-state index is 0.297. The molecular weight excluding hydrogens is 463 g/mol. The van der Waals surface area contributed by atoms with Crippen molar-refractivity contribution in [2.75, 3.05) is 5.32 Å². The molecule has 0 fully saturated rings. The first-order valence-corrected chi connectivity index (χ1v) is 8.74. The van der Waals surface area contributed by atoms with Gasteiger partial charge in [-0.2, -0.15) is 26.3 Å². The number of nitrogens with zero attached hydrogens (tertiary/aromatic N) is 1. The van der Waals surface area contributed by atoms with Crippen LogP contribution in [0, 0.1) is 0 Å². The minimum Gasteiger partial charge on any atom is -0.376 e. The molecule has 0 aliphatic heterocycles. The number of amides is 2. The van der Waals surface area contributed by atoms with Gasteiger partial charge in [0.1, 0.15) is 0 Å². The topological polar surface area (TPSA) is 74.2 Å². The summed E-state index contributed by atoms with van der Waals surface area (Å²) in [4.78, 5) is 15.6. The highest BCUT2D eigenvalue weighted by atomic mass is 35.5. The predicted octanol–water partition coefficient (Wildman–Crippen LogP) is 5.50. The number of anilines is 1. The third-order valence-electron chi connectivity index (χ3n) is 4.01. The van der Waals surface area contributed by atoms with Crippen molar-refractivity contribution in [2.24, 2.45) is 0 Å². The molecule has 1 aromatic carbocycles. The summed E-state index contributed by atoms with van der Waals surface area (Å²) in [6, 6.07) is 2.37. The molecule has 0 radical (unpaired) electrons. The lowest BCUT2D eigenvalue weighted by atomic mass is 9.95. The summed E-state index contributed by atoms with van der Waals surface area (Å²) in [5.41, 5.74) is -5.71. The van der Waals surface area contributed by atoms with Gasteiger partial charge in [-0.25, -0.2) is 4.79 Å². The van der Waals surface area contributed by atoms with Crippen molar-refractivity contribution in [3.63, 3.8) is 0 Å². The molecule has 2 aromatic rings. The van der Waals surface area contributed by atoms with Crippen LogP contribution in [0.1, 0.15) is 23.7 Å². The van der Waals surface area contributed by atoms with Gasteiger partial charge in [0.2, 0.25) is 0 Å². The number of pyridine rings is 1. The van der Waals surface area contributed by atoms with E-state index in [4.69, 9.17) is 23.2 Å². The smallest absolute Gasteiger partial charge is 0.376 e. The lowest BCUT2D eigenvalue weighted by Crippen LogP contribution is -2.39. The van der Waals surface area contributed by atoms with Gasteiger partial charge in [0, 0.05) is 6.20 Å². The van der Waals surface area contributed by atoms with Crippen LogP contribution < -0.4 is 10.6 Å². The van der Waals surface area contributed by atoms with Crippen LogP contribution in [0.3, 0.4) is 0 Å². The molecule has 0 saturated heterocycles. The van der Waals surface area contributed by atoms with E-state index in [1.165, 1.54) is 0 Å². The first-order chi connectivity index (χ1) is 13.6. The average molecular weight is 476 g/mol. The Balaban J connectivity index is 2.17. The monoisotopic (exact) mass is 475 g/mol. The first kappa shape index (κ1) is 24.0. The number of urea groups is 1. The maximum Gasteiger partial charge on any atom is 0.421 e. The van der Waals surface area contributed by atoms with Crippen LogP contribution >= 0.6 is 23.2 Å². The van der Waals surface area contributed by atoms with Gasteiger partial charge in [-0.1, -0.05) is 23.2 Å². The highest BCUT2D eigenvalue weighted by molar-refractivity contribution is 6.39. The number of carbonyl (C=O) groups is 1. The third kappa shape index (κ3) is 5.27. The first-order valence-electron chi connectivity index (χ1n) is 7.99. The fourth-order valence-corrected chi connectivity index (χ4v) is 2.88. The zero-order chi connectivity index (χ0) is 22.9. The lowest BCUT2D eigenvalue weighted by Gasteiger charge is -2.27. The SMILES string of the molecule is CC(O)(c1cc(Cl)c(NC(=O)NCc2ncccc2C(F)(F)F)c(Cl)c1)C(F)(F)F. The molecule has 1 atom stereocenters. The summed E-state index contributed by atoms with van der Waals surface area (Å²) in [5, 5.41) is 13.1. The number of rotatable bonds is 4. The molecule has 3 N–H and O–H groups in total. The Morgan fingerprint density at radius 1 is 1.13 bits per heavy atom. The molecule has 0 bridgehead atoms. The summed E-state index contributed by atoms with van der Waals surface area (Å²) in [6.45, 7) is -0.0997. The van der Waals surface area contributed by atoms with Crippen LogP contribution in [-0.4, -0.2) is 22.3 Å². The van der Waals surface area contributed by atoms with E-state index < -0.39 is 57.4 Å². The number of alkyl halides is 6. The number of hydrogen-bond acceptors (Lipinski definition) is 3.